The van der Waals surface area contributed by atoms with E-state index in [9.17, 15) is 8.42 Å². The van der Waals surface area contributed by atoms with E-state index in [1.165, 1.54) is 6.07 Å². The van der Waals surface area contributed by atoms with Crippen LogP contribution in [0.1, 0.15) is 25.8 Å². The molecule has 6 heteroatoms. The number of sulfonamides is 1. The lowest BCUT2D eigenvalue weighted by Crippen LogP contribution is -2.37. The van der Waals surface area contributed by atoms with Crippen LogP contribution < -0.4 is 10.5 Å². The van der Waals surface area contributed by atoms with Crippen LogP contribution in [0, 0.1) is 0 Å². The second-order valence-electron chi connectivity index (χ2n) is 4.13. The minimum absolute atomic E-state index is 0.192. The lowest BCUT2D eigenvalue weighted by Gasteiger charge is -2.16. The molecule has 0 aliphatic carbocycles. The third-order valence-electron chi connectivity index (χ3n) is 2.80. The molecular weight excluding hydrogens is 252 g/mol. The van der Waals surface area contributed by atoms with Gasteiger partial charge >= 0.3 is 0 Å². The van der Waals surface area contributed by atoms with Crippen molar-refractivity contribution < 1.29 is 13.5 Å². The number of nitrogens with one attached hydrogen (secondary N) is 1. The van der Waals surface area contributed by atoms with E-state index in [0.717, 1.165) is 0 Å². The Hall–Kier alpha value is -1.11. The fourth-order valence-electron chi connectivity index (χ4n) is 1.65. The number of aliphatic hydroxyl groups excluding tert-OH is 1. The third-order valence-corrected chi connectivity index (χ3v) is 4.40. The van der Waals surface area contributed by atoms with Gasteiger partial charge in [-0.15, -0.1) is 0 Å². The van der Waals surface area contributed by atoms with Gasteiger partial charge in [-0.25, -0.2) is 13.1 Å². The van der Waals surface area contributed by atoms with Gasteiger partial charge in [-0.3, -0.25) is 0 Å². The number of nitrogen functional groups attached to an aromatic ring is 1. The summed E-state index contributed by atoms with van der Waals surface area (Å²) in [6, 6.07) is 4.37. The van der Waals surface area contributed by atoms with Gasteiger partial charge in [0.15, 0.2) is 0 Å². The van der Waals surface area contributed by atoms with E-state index in [-0.39, 0.29) is 11.5 Å². The van der Waals surface area contributed by atoms with Crippen molar-refractivity contribution in [3.63, 3.8) is 0 Å². The summed E-state index contributed by atoms with van der Waals surface area (Å²) in [6.45, 7) is 3.47. The van der Waals surface area contributed by atoms with E-state index in [4.69, 9.17) is 10.8 Å². The van der Waals surface area contributed by atoms with E-state index in [1.807, 2.05) is 13.8 Å². The standard InChI is InChI=1S/C12H20N2O3S/c1-3-9-5-6-10(13)7-12(9)18(16,17)14-11(4-2)8-15/h5-7,11,14-15H,3-4,8,13H2,1-2H3/t11-/m1/s1. The molecule has 0 amide bonds. The number of rotatable bonds is 6. The van der Waals surface area contributed by atoms with Crippen molar-refractivity contribution in [2.75, 3.05) is 12.3 Å². The van der Waals surface area contributed by atoms with Crippen LogP contribution in [0.5, 0.6) is 0 Å². The number of hydrogen-bond acceptors (Lipinski definition) is 4. The van der Waals surface area contributed by atoms with E-state index in [1.54, 1.807) is 12.1 Å². The molecule has 0 saturated heterocycles. The van der Waals surface area contributed by atoms with Crippen molar-refractivity contribution in [3.05, 3.63) is 23.8 Å². The summed E-state index contributed by atoms with van der Waals surface area (Å²) < 4.78 is 26.9. The van der Waals surface area contributed by atoms with Gasteiger partial charge in [0.2, 0.25) is 10.0 Å². The summed E-state index contributed by atoms with van der Waals surface area (Å²) in [7, 11) is -3.64. The highest BCUT2D eigenvalue weighted by atomic mass is 32.2. The molecule has 1 aromatic rings. The molecule has 18 heavy (non-hydrogen) atoms. The van der Waals surface area contributed by atoms with Crippen LogP contribution in [0.15, 0.2) is 23.1 Å². The normalized spacial score (nSPS) is 13.5. The van der Waals surface area contributed by atoms with Crippen molar-refractivity contribution >= 4 is 15.7 Å². The minimum atomic E-state index is -3.64. The SMILES string of the molecule is CCc1ccc(N)cc1S(=O)(=O)N[C@H](CC)CO. The first kappa shape index (κ1) is 14.9. The molecule has 0 aliphatic heterocycles. The van der Waals surface area contributed by atoms with E-state index in [0.29, 0.717) is 24.1 Å². The van der Waals surface area contributed by atoms with E-state index in [2.05, 4.69) is 4.72 Å². The van der Waals surface area contributed by atoms with Crippen molar-refractivity contribution in [2.24, 2.45) is 0 Å². The Bertz CT molecular complexity index is 496. The molecule has 1 atom stereocenters. The van der Waals surface area contributed by atoms with E-state index >= 15 is 0 Å². The van der Waals surface area contributed by atoms with Crippen molar-refractivity contribution in [1.82, 2.24) is 4.72 Å². The Morgan fingerprint density at radius 1 is 1.39 bits per heavy atom. The molecule has 0 spiro atoms. The molecular formula is C12H20N2O3S. The minimum Gasteiger partial charge on any atom is -0.399 e. The van der Waals surface area contributed by atoms with Gasteiger partial charge in [-0.05, 0) is 30.5 Å². The highest BCUT2D eigenvalue weighted by molar-refractivity contribution is 7.89. The van der Waals surface area contributed by atoms with Crippen LogP contribution in [-0.2, 0) is 16.4 Å². The quantitative estimate of drug-likeness (QED) is 0.670. The van der Waals surface area contributed by atoms with Crippen LogP contribution in [0.3, 0.4) is 0 Å². The summed E-state index contributed by atoms with van der Waals surface area (Å²) >= 11 is 0. The number of anilines is 1. The lowest BCUT2D eigenvalue weighted by atomic mass is 10.1. The van der Waals surface area contributed by atoms with Gasteiger partial charge in [0, 0.05) is 11.7 Å². The predicted molar refractivity (Wildman–Crippen MR) is 71.7 cm³/mol. The van der Waals surface area contributed by atoms with Gasteiger partial charge in [0.25, 0.3) is 0 Å². The molecule has 0 radical (unpaired) electrons. The Morgan fingerprint density at radius 3 is 2.56 bits per heavy atom. The van der Waals surface area contributed by atoms with Gasteiger partial charge in [0.05, 0.1) is 11.5 Å². The Kier molecular flexibility index (Phi) is 5.13. The van der Waals surface area contributed by atoms with E-state index < -0.39 is 16.1 Å². The number of hydrogen-bond donors (Lipinski definition) is 3. The molecule has 4 N–H and O–H groups in total. The fourth-order valence-corrected chi connectivity index (χ4v) is 3.30. The smallest absolute Gasteiger partial charge is 0.241 e. The average Bonchev–Trinajstić information content (AvgIpc) is 2.36. The summed E-state index contributed by atoms with van der Waals surface area (Å²) in [5.41, 5.74) is 6.75. The summed E-state index contributed by atoms with van der Waals surface area (Å²) in [5.74, 6) is 0. The molecule has 5 nitrogen and oxygen atoms in total. The molecule has 0 saturated carbocycles. The zero-order chi connectivity index (χ0) is 13.8. The second kappa shape index (κ2) is 6.17. The van der Waals surface area contributed by atoms with Gasteiger partial charge in [-0.2, -0.15) is 0 Å². The highest BCUT2D eigenvalue weighted by Crippen LogP contribution is 2.20. The lowest BCUT2D eigenvalue weighted by molar-refractivity contribution is 0.254. The van der Waals surface area contributed by atoms with Crippen molar-refractivity contribution in [2.45, 2.75) is 37.6 Å². The fraction of sp³-hybridized carbons (Fsp3) is 0.500. The maximum absolute atomic E-state index is 12.2. The van der Waals surface area contributed by atoms with Crippen LogP contribution in [0.4, 0.5) is 5.69 Å². The number of aryl methyl sites for hydroxylation is 1. The average molecular weight is 272 g/mol. The first-order chi connectivity index (χ1) is 8.44. The molecule has 0 heterocycles. The Labute approximate surface area is 108 Å². The Morgan fingerprint density at radius 2 is 2.06 bits per heavy atom. The molecule has 0 aliphatic rings. The monoisotopic (exact) mass is 272 g/mol. The molecule has 1 aromatic carbocycles. The van der Waals surface area contributed by atoms with Crippen molar-refractivity contribution in [1.29, 1.82) is 0 Å². The second-order valence-corrected chi connectivity index (χ2v) is 5.81. The first-order valence-electron chi connectivity index (χ1n) is 5.96. The van der Waals surface area contributed by atoms with Gasteiger partial charge in [0.1, 0.15) is 0 Å². The van der Waals surface area contributed by atoms with Crippen LogP contribution >= 0.6 is 0 Å². The zero-order valence-electron chi connectivity index (χ0n) is 10.7. The summed E-state index contributed by atoms with van der Waals surface area (Å²) in [6.07, 6.45) is 1.13. The zero-order valence-corrected chi connectivity index (χ0v) is 11.5. The molecule has 1 rings (SSSR count). The molecule has 0 fully saturated rings. The molecule has 0 unspecified atom stereocenters. The largest absolute Gasteiger partial charge is 0.399 e. The van der Waals surface area contributed by atoms with Gasteiger partial charge < -0.3 is 10.8 Å². The molecule has 0 bridgehead atoms. The van der Waals surface area contributed by atoms with Crippen LogP contribution in [-0.4, -0.2) is 26.2 Å². The molecule has 102 valence electrons. The van der Waals surface area contributed by atoms with Gasteiger partial charge in [-0.1, -0.05) is 19.9 Å². The van der Waals surface area contributed by atoms with Crippen LogP contribution in [0.25, 0.3) is 0 Å². The number of benzene rings is 1. The predicted octanol–water partition coefficient (Wildman–Crippen LogP) is 0.880. The maximum Gasteiger partial charge on any atom is 0.241 e. The summed E-state index contributed by atoms with van der Waals surface area (Å²) in [5, 5.41) is 9.07. The third kappa shape index (κ3) is 3.44. The number of nitrogens with two attached hydrogens (primary N) is 1. The maximum atomic E-state index is 12.2. The number of aliphatic hydroxyl groups is 1. The van der Waals surface area contributed by atoms with Crippen LogP contribution in [0.2, 0.25) is 0 Å². The summed E-state index contributed by atoms with van der Waals surface area (Å²) in [4.78, 5) is 0.192. The van der Waals surface area contributed by atoms with Crippen molar-refractivity contribution in [3.8, 4) is 0 Å². The first-order valence-corrected chi connectivity index (χ1v) is 7.44. The topological polar surface area (TPSA) is 92.4 Å². The Balaban J connectivity index is 3.15. The highest BCUT2D eigenvalue weighted by Gasteiger charge is 2.21. The molecule has 0 aromatic heterocycles.